The molecule has 4 N–H and O–H groups in total. The first-order valence-corrected chi connectivity index (χ1v) is 7.74. The highest BCUT2D eigenvalue weighted by molar-refractivity contribution is 5.87. The van der Waals surface area contributed by atoms with Crippen LogP contribution < -0.4 is 21.1 Å². The molecule has 0 aliphatic heterocycles. The van der Waals surface area contributed by atoms with Gasteiger partial charge >= 0.3 is 6.36 Å². The quantitative estimate of drug-likeness (QED) is 0.651. The first-order valence-electron chi connectivity index (χ1n) is 7.74. The van der Waals surface area contributed by atoms with Gasteiger partial charge in [0.2, 0.25) is 11.8 Å². The molecule has 0 bridgehead atoms. The number of carbonyl (C=O) groups excluding carboxylic acids is 2. The van der Waals surface area contributed by atoms with Gasteiger partial charge in [-0.3, -0.25) is 9.59 Å². The van der Waals surface area contributed by atoms with E-state index >= 15 is 0 Å². The standard InChI is InChI=1S/C16H22F3N3O3/c1-10(2)14(20)15(24)22-9-13(23)21-8-7-11-5-3-4-6-12(11)25-16(17,18)19/h3-6,10,14H,7-9,20H2,1-2H3,(H,21,23)(H,22,24)/t14-/m0/s1. The summed E-state index contributed by atoms with van der Waals surface area (Å²) >= 11 is 0. The molecule has 1 atom stereocenters. The predicted molar refractivity (Wildman–Crippen MR) is 85.7 cm³/mol. The minimum atomic E-state index is -4.78. The Kier molecular flexibility index (Phi) is 7.69. The van der Waals surface area contributed by atoms with Gasteiger partial charge in [-0.05, 0) is 24.0 Å². The van der Waals surface area contributed by atoms with Crippen molar-refractivity contribution in [1.29, 1.82) is 0 Å². The number of nitrogens with two attached hydrogens (primary N) is 1. The Morgan fingerprint density at radius 2 is 1.84 bits per heavy atom. The molecule has 0 radical (unpaired) electrons. The molecule has 0 aliphatic carbocycles. The average molecular weight is 361 g/mol. The van der Waals surface area contributed by atoms with Gasteiger partial charge in [0.1, 0.15) is 5.75 Å². The Labute approximate surface area is 143 Å². The predicted octanol–water partition coefficient (Wildman–Crippen LogP) is 1.34. The molecular weight excluding hydrogens is 339 g/mol. The summed E-state index contributed by atoms with van der Waals surface area (Å²) in [6, 6.07) is 4.98. The van der Waals surface area contributed by atoms with Crippen LogP contribution in [0.3, 0.4) is 0 Å². The molecule has 140 valence electrons. The fraction of sp³-hybridized carbons (Fsp3) is 0.500. The number of hydrogen-bond acceptors (Lipinski definition) is 4. The van der Waals surface area contributed by atoms with Gasteiger partial charge in [-0.25, -0.2) is 0 Å². The number of rotatable bonds is 8. The van der Waals surface area contributed by atoms with Crippen molar-refractivity contribution in [3.8, 4) is 5.75 Å². The van der Waals surface area contributed by atoms with Crippen LogP contribution in [0.15, 0.2) is 24.3 Å². The molecule has 2 amide bonds. The second-order valence-corrected chi connectivity index (χ2v) is 5.74. The van der Waals surface area contributed by atoms with Gasteiger partial charge in [0.05, 0.1) is 12.6 Å². The zero-order valence-electron chi connectivity index (χ0n) is 14.0. The summed E-state index contributed by atoms with van der Waals surface area (Å²) in [6.45, 7) is 3.42. The number of carbonyl (C=O) groups is 2. The van der Waals surface area contributed by atoms with E-state index in [1.807, 2.05) is 0 Å². The van der Waals surface area contributed by atoms with E-state index in [9.17, 15) is 22.8 Å². The van der Waals surface area contributed by atoms with Crippen molar-refractivity contribution >= 4 is 11.8 Å². The molecule has 0 unspecified atom stereocenters. The zero-order chi connectivity index (χ0) is 19.0. The molecule has 6 nitrogen and oxygen atoms in total. The average Bonchev–Trinajstić information content (AvgIpc) is 2.52. The van der Waals surface area contributed by atoms with Gasteiger partial charge in [-0.15, -0.1) is 13.2 Å². The van der Waals surface area contributed by atoms with E-state index in [1.54, 1.807) is 19.9 Å². The van der Waals surface area contributed by atoms with Crippen molar-refractivity contribution in [3.05, 3.63) is 29.8 Å². The van der Waals surface area contributed by atoms with Crippen molar-refractivity contribution in [2.75, 3.05) is 13.1 Å². The minimum absolute atomic E-state index is 0.0619. The molecule has 0 heterocycles. The lowest BCUT2D eigenvalue weighted by molar-refractivity contribution is -0.274. The van der Waals surface area contributed by atoms with Crippen molar-refractivity contribution in [1.82, 2.24) is 10.6 Å². The summed E-state index contributed by atoms with van der Waals surface area (Å²) in [5.41, 5.74) is 5.95. The van der Waals surface area contributed by atoms with Crippen molar-refractivity contribution in [2.24, 2.45) is 11.7 Å². The summed E-state index contributed by atoms with van der Waals surface area (Å²) in [5, 5.41) is 4.92. The number of para-hydroxylation sites is 1. The maximum absolute atomic E-state index is 12.3. The van der Waals surface area contributed by atoms with Crippen LogP contribution >= 0.6 is 0 Å². The number of nitrogens with one attached hydrogen (secondary N) is 2. The van der Waals surface area contributed by atoms with Crippen molar-refractivity contribution < 1.29 is 27.5 Å². The lowest BCUT2D eigenvalue weighted by atomic mass is 10.1. The number of benzene rings is 1. The molecule has 0 spiro atoms. The molecule has 0 saturated carbocycles. The monoisotopic (exact) mass is 361 g/mol. The summed E-state index contributed by atoms with van der Waals surface area (Å²) in [5.74, 6) is -1.26. The van der Waals surface area contributed by atoms with E-state index in [0.717, 1.165) is 0 Å². The number of ether oxygens (including phenoxy) is 1. The Morgan fingerprint density at radius 3 is 2.44 bits per heavy atom. The largest absolute Gasteiger partial charge is 0.573 e. The fourth-order valence-electron chi connectivity index (χ4n) is 1.92. The van der Waals surface area contributed by atoms with Gasteiger partial charge in [0, 0.05) is 6.54 Å². The minimum Gasteiger partial charge on any atom is -0.406 e. The van der Waals surface area contributed by atoms with Gasteiger partial charge in [0.15, 0.2) is 0 Å². The van der Waals surface area contributed by atoms with Gasteiger partial charge in [-0.2, -0.15) is 0 Å². The lowest BCUT2D eigenvalue weighted by Gasteiger charge is -2.15. The maximum Gasteiger partial charge on any atom is 0.573 e. The second kappa shape index (κ2) is 9.26. The first-order chi connectivity index (χ1) is 11.6. The second-order valence-electron chi connectivity index (χ2n) is 5.74. The van der Waals surface area contributed by atoms with Crippen LogP contribution in [0.2, 0.25) is 0 Å². The van der Waals surface area contributed by atoms with Crippen molar-refractivity contribution in [2.45, 2.75) is 32.7 Å². The molecule has 1 aromatic rings. The molecule has 0 aromatic heterocycles. The summed E-state index contributed by atoms with van der Waals surface area (Å²) < 4.78 is 40.9. The Hall–Kier alpha value is -2.29. The van der Waals surface area contributed by atoms with E-state index in [-0.39, 0.29) is 31.2 Å². The highest BCUT2D eigenvalue weighted by Gasteiger charge is 2.31. The topological polar surface area (TPSA) is 93.5 Å². The molecular formula is C16H22F3N3O3. The first kappa shape index (κ1) is 20.8. The highest BCUT2D eigenvalue weighted by atomic mass is 19.4. The van der Waals surface area contributed by atoms with E-state index in [0.29, 0.717) is 5.56 Å². The van der Waals surface area contributed by atoms with E-state index in [4.69, 9.17) is 5.73 Å². The molecule has 9 heteroatoms. The number of hydrogen-bond donors (Lipinski definition) is 3. The molecule has 1 aromatic carbocycles. The highest BCUT2D eigenvalue weighted by Crippen LogP contribution is 2.26. The SMILES string of the molecule is CC(C)[C@H](N)C(=O)NCC(=O)NCCc1ccccc1OC(F)(F)F. The molecule has 0 fully saturated rings. The van der Waals surface area contributed by atoms with Crippen LogP contribution in [0.1, 0.15) is 19.4 Å². The Bertz CT molecular complexity index is 591. The van der Waals surface area contributed by atoms with Crippen molar-refractivity contribution in [3.63, 3.8) is 0 Å². The molecule has 0 saturated heterocycles. The lowest BCUT2D eigenvalue weighted by Crippen LogP contribution is -2.47. The summed E-state index contributed by atoms with van der Waals surface area (Å²) in [6.07, 6.45) is -4.63. The number of alkyl halides is 3. The third-order valence-electron chi connectivity index (χ3n) is 3.36. The smallest absolute Gasteiger partial charge is 0.406 e. The number of halogens is 3. The van der Waals surface area contributed by atoms with Crippen LogP contribution in [-0.2, 0) is 16.0 Å². The van der Waals surface area contributed by atoms with Crippen LogP contribution in [0.5, 0.6) is 5.75 Å². The fourth-order valence-corrected chi connectivity index (χ4v) is 1.92. The molecule has 1 rings (SSSR count). The summed E-state index contributed by atoms with van der Waals surface area (Å²) in [4.78, 5) is 23.3. The van der Waals surface area contributed by atoms with E-state index < -0.39 is 24.2 Å². The Morgan fingerprint density at radius 1 is 1.20 bits per heavy atom. The van der Waals surface area contributed by atoms with Gasteiger partial charge in [0.25, 0.3) is 0 Å². The Balaban J connectivity index is 2.43. The van der Waals surface area contributed by atoms with Crippen LogP contribution in [0, 0.1) is 5.92 Å². The third kappa shape index (κ3) is 7.88. The molecule has 25 heavy (non-hydrogen) atoms. The van der Waals surface area contributed by atoms with Crippen LogP contribution in [0.25, 0.3) is 0 Å². The van der Waals surface area contributed by atoms with Gasteiger partial charge in [-0.1, -0.05) is 32.0 Å². The number of amides is 2. The van der Waals surface area contributed by atoms with Crippen LogP contribution in [-0.4, -0.2) is 37.3 Å². The molecule has 0 aliphatic rings. The third-order valence-corrected chi connectivity index (χ3v) is 3.36. The normalized spacial score (nSPS) is 12.6. The zero-order valence-corrected chi connectivity index (χ0v) is 14.0. The van der Waals surface area contributed by atoms with E-state index in [2.05, 4.69) is 15.4 Å². The van der Waals surface area contributed by atoms with E-state index in [1.165, 1.54) is 18.2 Å². The van der Waals surface area contributed by atoms with Gasteiger partial charge < -0.3 is 21.1 Å². The summed E-state index contributed by atoms with van der Waals surface area (Å²) in [7, 11) is 0. The van der Waals surface area contributed by atoms with Crippen LogP contribution in [0.4, 0.5) is 13.2 Å². The maximum atomic E-state index is 12.3.